The molecule has 1 saturated heterocycles. The maximum absolute atomic E-state index is 6.06. The van der Waals surface area contributed by atoms with Crippen molar-refractivity contribution in [3.8, 4) is 0 Å². The molecule has 2 unspecified atom stereocenters. The van der Waals surface area contributed by atoms with E-state index in [1.807, 2.05) is 0 Å². The second kappa shape index (κ2) is 7.77. The van der Waals surface area contributed by atoms with Gasteiger partial charge in [-0.3, -0.25) is 4.90 Å². The molecule has 3 nitrogen and oxygen atoms in total. The third kappa shape index (κ3) is 3.81. The lowest BCUT2D eigenvalue weighted by Gasteiger charge is -2.39. The van der Waals surface area contributed by atoms with Gasteiger partial charge in [0, 0.05) is 32.3 Å². The van der Waals surface area contributed by atoms with Gasteiger partial charge in [-0.1, -0.05) is 37.3 Å². The SMILES string of the molecule is CCOC1CCN(C(CN)C(C)c2ccccc2)CC1. The van der Waals surface area contributed by atoms with Crippen molar-refractivity contribution in [2.75, 3.05) is 26.2 Å². The maximum atomic E-state index is 6.06. The van der Waals surface area contributed by atoms with E-state index in [1.165, 1.54) is 5.56 Å². The standard InChI is InChI=1S/C17H28N2O/c1-3-20-16-9-11-19(12-10-16)17(13-18)14(2)15-7-5-4-6-8-15/h4-8,14,16-17H,3,9-13,18H2,1-2H3. The summed E-state index contributed by atoms with van der Waals surface area (Å²) < 4.78 is 5.73. The van der Waals surface area contributed by atoms with Crippen LogP contribution < -0.4 is 5.73 Å². The summed E-state index contributed by atoms with van der Waals surface area (Å²) in [5, 5.41) is 0. The first kappa shape index (κ1) is 15.5. The fraction of sp³-hybridized carbons (Fsp3) is 0.647. The summed E-state index contributed by atoms with van der Waals surface area (Å²) in [4.78, 5) is 2.55. The summed E-state index contributed by atoms with van der Waals surface area (Å²) in [6, 6.07) is 11.1. The molecule has 3 heteroatoms. The van der Waals surface area contributed by atoms with Crippen LogP contribution in [0.15, 0.2) is 30.3 Å². The Hall–Kier alpha value is -0.900. The first-order valence-electron chi connectivity index (χ1n) is 7.87. The zero-order valence-corrected chi connectivity index (χ0v) is 12.8. The van der Waals surface area contributed by atoms with Crippen LogP contribution in [0.3, 0.4) is 0 Å². The largest absolute Gasteiger partial charge is 0.378 e. The molecule has 0 saturated carbocycles. The number of nitrogens with zero attached hydrogens (tertiary/aromatic N) is 1. The molecule has 1 heterocycles. The van der Waals surface area contributed by atoms with E-state index in [2.05, 4.69) is 49.1 Å². The van der Waals surface area contributed by atoms with Crippen molar-refractivity contribution in [1.82, 2.24) is 4.90 Å². The van der Waals surface area contributed by atoms with E-state index in [1.54, 1.807) is 0 Å². The smallest absolute Gasteiger partial charge is 0.0599 e. The minimum absolute atomic E-state index is 0.431. The van der Waals surface area contributed by atoms with Crippen LogP contribution in [0.25, 0.3) is 0 Å². The van der Waals surface area contributed by atoms with Crippen molar-refractivity contribution in [2.24, 2.45) is 5.73 Å². The van der Waals surface area contributed by atoms with Crippen molar-refractivity contribution in [2.45, 2.75) is 44.8 Å². The van der Waals surface area contributed by atoms with Gasteiger partial charge in [0.1, 0.15) is 0 Å². The molecule has 0 aromatic heterocycles. The van der Waals surface area contributed by atoms with Gasteiger partial charge in [0.15, 0.2) is 0 Å². The second-order valence-corrected chi connectivity index (χ2v) is 5.69. The normalized spacial score (nSPS) is 20.8. The number of hydrogen-bond acceptors (Lipinski definition) is 3. The maximum Gasteiger partial charge on any atom is 0.0599 e. The molecule has 1 aliphatic rings. The van der Waals surface area contributed by atoms with Crippen LogP contribution in [0, 0.1) is 0 Å². The van der Waals surface area contributed by atoms with Gasteiger partial charge >= 0.3 is 0 Å². The van der Waals surface area contributed by atoms with E-state index in [9.17, 15) is 0 Å². The molecule has 1 fully saturated rings. The van der Waals surface area contributed by atoms with Crippen LogP contribution in [0.4, 0.5) is 0 Å². The van der Waals surface area contributed by atoms with Crippen LogP contribution in [-0.2, 0) is 4.74 Å². The predicted molar refractivity (Wildman–Crippen MR) is 83.9 cm³/mol. The Labute approximate surface area is 123 Å². The highest BCUT2D eigenvalue weighted by Gasteiger charge is 2.28. The van der Waals surface area contributed by atoms with E-state index in [4.69, 9.17) is 10.5 Å². The van der Waals surface area contributed by atoms with Gasteiger partial charge < -0.3 is 10.5 Å². The molecule has 0 radical (unpaired) electrons. The van der Waals surface area contributed by atoms with Crippen molar-refractivity contribution in [3.05, 3.63) is 35.9 Å². The Morgan fingerprint density at radius 1 is 1.25 bits per heavy atom. The quantitative estimate of drug-likeness (QED) is 0.868. The summed E-state index contributed by atoms with van der Waals surface area (Å²) in [7, 11) is 0. The molecular formula is C17H28N2O. The molecule has 1 aliphatic heterocycles. The van der Waals surface area contributed by atoms with E-state index >= 15 is 0 Å². The molecule has 0 spiro atoms. The van der Waals surface area contributed by atoms with Crippen LogP contribution in [0.2, 0.25) is 0 Å². The fourth-order valence-corrected chi connectivity index (χ4v) is 3.26. The zero-order valence-electron chi connectivity index (χ0n) is 12.8. The van der Waals surface area contributed by atoms with E-state index < -0.39 is 0 Å². The summed E-state index contributed by atoms with van der Waals surface area (Å²) in [6.07, 6.45) is 2.71. The van der Waals surface area contributed by atoms with Crippen molar-refractivity contribution in [3.63, 3.8) is 0 Å². The molecule has 1 aromatic rings. The average molecular weight is 276 g/mol. The molecule has 2 N–H and O–H groups in total. The Morgan fingerprint density at radius 3 is 2.45 bits per heavy atom. The summed E-state index contributed by atoms with van der Waals surface area (Å²) >= 11 is 0. The van der Waals surface area contributed by atoms with Crippen molar-refractivity contribution >= 4 is 0 Å². The zero-order chi connectivity index (χ0) is 14.4. The molecule has 1 aromatic carbocycles. The molecule has 2 atom stereocenters. The van der Waals surface area contributed by atoms with E-state index in [-0.39, 0.29) is 0 Å². The van der Waals surface area contributed by atoms with Gasteiger partial charge in [0.05, 0.1) is 6.10 Å². The number of ether oxygens (including phenoxy) is 1. The number of piperidine rings is 1. The topological polar surface area (TPSA) is 38.5 Å². The van der Waals surface area contributed by atoms with Gasteiger partial charge in [-0.2, -0.15) is 0 Å². The van der Waals surface area contributed by atoms with E-state index in [0.29, 0.717) is 18.1 Å². The minimum atomic E-state index is 0.431. The monoisotopic (exact) mass is 276 g/mol. The minimum Gasteiger partial charge on any atom is -0.378 e. The lowest BCUT2D eigenvalue weighted by atomic mass is 9.90. The van der Waals surface area contributed by atoms with Gasteiger partial charge in [-0.15, -0.1) is 0 Å². The number of rotatable bonds is 6. The lowest BCUT2D eigenvalue weighted by molar-refractivity contribution is 0.00236. The molecule has 0 amide bonds. The Bertz CT molecular complexity index is 374. The second-order valence-electron chi connectivity index (χ2n) is 5.69. The first-order valence-corrected chi connectivity index (χ1v) is 7.87. The third-order valence-corrected chi connectivity index (χ3v) is 4.49. The highest BCUT2D eigenvalue weighted by atomic mass is 16.5. The van der Waals surface area contributed by atoms with Gasteiger partial charge in [-0.25, -0.2) is 0 Å². The van der Waals surface area contributed by atoms with Crippen LogP contribution in [0.5, 0.6) is 0 Å². The molecule has 112 valence electrons. The van der Waals surface area contributed by atoms with Crippen molar-refractivity contribution < 1.29 is 4.74 Å². The molecule has 0 bridgehead atoms. The van der Waals surface area contributed by atoms with Crippen LogP contribution >= 0.6 is 0 Å². The van der Waals surface area contributed by atoms with Gasteiger partial charge in [0.2, 0.25) is 0 Å². The van der Waals surface area contributed by atoms with E-state index in [0.717, 1.165) is 39.1 Å². The number of benzene rings is 1. The summed E-state index contributed by atoms with van der Waals surface area (Å²) in [5.74, 6) is 0.477. The molecule has 2 rings (SSSR count). The summed E-state index contributed by atoms with van der Waals surface area (Å²) in [6.45, 7) is 8.11. The molecule has 0 aliphatic carbocycles. The predicted octanol–water partition coefficient (Wildman–Crippen LogP) is 2.62. The Morgan fingerprint density at radius 2 is 1.90 bits per heavy atom. The highest BCUT2D eigenvalue weighted by Crippen LogP contribution is 2.25. The van der Waals surface area contributed by atoms with Crippen molar-refractivity contribution in [1.29, 1.82) is 0 Å². The third-order valence-electron chi connectivity index (χ3n) is 4.49. The molecule has 20 heavy (non-hydrogen) atoms. The Kier molecular flexibility index (Phi) is 6.02. The van der Waals surface area contributed by atoms with Gasteiger partial charge in [0.25, 0.3) is 0 Å². The van der Waals surface area contributed by atoms with Crippen LogP contribution in [0.1, 0.15) is 38.2 Å². The number of likely N-dealkylation sites (tertiary alicyclic amines) is 1. The number of nitrogens with two attached hydrogens (primary N) is 1. The Balaban J connectivity index is 1.95. The highest BCUT2D eigenvalue weighted by molar-refractivity contribution is 5.20. The first-order chi connectivity index (χ1) is 9.76. The lowest BCUT2D eigenvalue weighted by Crippen LogP contribution is -2.48. The fourth-order valence-electron chi connectivity index (χ4n) is 3.26. The summed E-state index contributed by atoms with van der Waals surface area (Å²) in [5.41, 5.74) is 7.45. The molecular weight excluding hydrogens is 248 g/mol. The average Bonchev–Trinajstić information content (AvgIpc) is 2.51. The van der Waals surface area contributed by atoms with Crippen LogP contribution in [-0.4, -0.2) is 43.3 Å². The number of hydrogen-bond donors (Lipinski definition) is 1. The van der Waals surface area contributed by atoms with Gasteiger partial charge in [-0.05, 0) is 31.2 Å².